The largest absolute Gasteiger partial charge is 0.388 e. The van der Waals surface area contributed by atoms with Gasteiger partial charge in [-0.25, -0.2) is 0 Å². The second-order valence-electron chi connectivity index (χ2n) is 4.63. The van der Waals surface area contributed by atoms with Crippen molar-refractivity contribution in [3.05, 3.63) is 42.0 Å². The average molecular weight is 247 g/mol. The monoisotopic (exact) mass is 247 g/mol. The van der Waals surface area contributed by atoms with Gasteiger partial charge in [0.25, 0.3) is 0 Å². The minimum atomic E-state index is -0.338. The van der Waals surface area contributed by atoms with Crippen LogP contribution in [-0.4, -0.2) is 19.5 Å². The van der Waals surface area contributed by atoms with E-state index in [-0.39, 0.29) is 6.10 Å². The minimum Gasteiger partial charge on any atom is -0.388 e. The molecule has 0 aromatic carbocycles. The molecule has 2 aromatic heterocycles. The molecule has 0 aliphatic rings. The molecule has 0 spiro atoms. The normalized spacial score (nSPS) is 12.8. The van der Waals surface area contributed by atoms with Crippen LogP contribution in [0, 0.1) is 0 Å². The van der Waals surface area contributed by atoms with Gasteiger partial charge in [-0.1, -0.05) is 13.3 Å². The van der Waals surface area contributed by atoms with Gasteiger partial charge in [-0.3, -0.25) is 4.68 Å². The molecule has 98 valence electrons. The van der Waals surface area contributed by atoms with Gasteiger partial charge in [0.15, 0.2) is 0 Å². The van der Waals surface area contributed by atoms with Gasteiger partial charge < -0.3 is 9.67 Å². The molecule has 0 bridgehead atoms. The van der Waals surface area contributed by atoms with Crippen LogP contribution in [0.1, 0.15) is 43.9 Å². The fraction of sp³-hybridized carbons (Fsp3) is 0.500. The number of aromatic nitrogens is 3. The number of aryl methyl sites for hydroxylation is 1. The number of hydrogen-bond donors (Lipinski definition) is 1. The van der Waals surface area contributed by atoms with Gasteiger partial charge in [0, 0.05) is 30.7 Å². The summed E-state index contributed by atoms with van der Waals surface area (Å²) in [6.45, 7) is 5.86. The summed E-state index contributed by atoms with van der Waals surface area (Å²) in [6, 6.07) is 1.99. The van der Waals surface area contributed by atoms with E-state index in [2.05, 4.69) is 29.7 Å². The van der Waals surface area contributed by atoms with Crippen molar-refractivity contribution >= 4 is 0 Å². The molecular weight excluding hydrogens is 226 g/mol. The van der Waals surface area contributed by atoms with Crippen molar-refractivity contribution in [2.45, 2.75) is 45.9 Å². The standard InChI is InChI=1S/C14H21N3O/c1-3-5-14(18)13-6-7-16(11-13)9-12-8-15-17(4-2)10-12/h6-8,10-11,14,18H,3-5,9H2,1-2H3. The van der Waals surface area contributed by atoms with Gasteiger partial charge in [0.2, 0.25) is 0 Å². The first-order chi connectivity index (χ1) is 8.72. The number of rotatable bonds is 6. The highest BCUT2D eigenvalue weighted by Crippen LogP contribution is 2.18. The molecule has 1 atom stereocenters. The highest BCUT2D eigenvalue weighted by Gasteiger charge is 2.08. The lowest BCUT2D eigenvalue weighted by Gasteiger charge is -2.06. The van der Waals surface area contributed by atoms with Gasteiger partial charge >= 0.3 is 0 Å². The Bertz CT molecular complexity index is 487. The van der Waals surface area contributed by atoms with E-state index in [1.165, 1.54) is 5.56 Å². The maximum atomic E-state index is 9.91. The molecule has 0 saturated carbocycles. The average Bonchev–Trinajstić information content (AvgIpc) is 2.99. The second-order valence-corrected chi connectivity index (χ2v) is 4.63. The van der Waals surface area contributed by atoms with Crippen molar-refractivity contribution in [3.63, 3.8) is 0 Å². The van der Waals surface area contributed by atoms with E-state index in [0.29, 0.717) is 0 Å². The van der Waals surface area contributed by atoms with Crippen molar-refractivity contribution in [2.24, 2.45) is 0 Å². The Morgan fingerprint density at radius 3 is 2.83 bits per heavy atom. The van der Waals surface area contributed by atoms with Crippen molar-refractivity contribution < 1.29 is 5.11 Å². The first-order valence-electron chi connectivity index (χ1n) is 6.58. The molecule has 4 heteroatoms. The summed E-state index contributed by atoms with van der Waals surface area (Å²) in [5.74, 6) is 0. The first kappa shape index (κ1) is 12.9. The van der Waals surface area contributed by atoms with Crippen LogP contribution in [0.15, 0.2) is 30.9 Å². The number of aliphatic hydroxyl groups is 1. The van der Waals surface area contributed by atoms with E-state index < -0.39 is 0 Å². The SMILES string of the molecule is CCCC(O)c1ccn(Cc2cnn(CC)c2)c1. The summed E-state index contributed by atoms with van der Waals surface area (Å²) in [7, 11) is 0. The lowest BCUT2D eigenvalue weighted by atomic mass is 10.1. The second kappa shape index (κ2) is 5.87. The number of hydrogen-bond acceptors (Lipinski definition) is 2. The molecule has 2 rings (SSSR count). The van der Waals surface area contributed by atoms with Crippen molar-refractivity contribution in [1.29, 1.82) is 0 Å². The molecule has 0 fully saturated rings. The van der Waals surface area contributed by atoms with E-state index >= 15 is 0 Å². The maximum absolute atomic E-state index is 9.91. The van der Waals surface area contributed by atoms with Gasteiger partial charge in [0.05, 0.1) is 18.8 Å². The van der Waals surface area contributed by atoms with Crippen LogP contribution < -0.4 is 0 Å². The third-order valence-electron chi connectivity index (χ3n) is 3.10. The van der Waals surface area contributed by atoms with Crippen LogP contribution >= 0.6 is 0 Å². The van der Waals surface area contributed by atoms with Gasteiger partial charge in [-0.2, -0.15) is 5.10 Å². The lowest BCUT2D eigenvalue weighted by molar-refractivity contribution is 0.166. The summed E-state index contributed by atoms with van der Waals surface area (Å²) in [4.78, 5) is 0. The summed E-state index contributed by atoms with van der Waals surface area (Å²) in [5, 5.41) is 14.2. The summed E-state index contributed by atoms with van der Waals surface area (Å²) in [5.41, 5.74) is 2.18. The predicted octanol–water partition coefficient (Wildman–Crippen LogP) is 2.59. The minimum absolute atomic E-state index is 0.338. The Hall–Kier alpha value is -1.55. The molecule has 4 nitrogen and oxygen atoms in total. The van der Waals surface area contributed by atoms with Crippen LogP contribution in [0.4, 0.5) is 0 Å². The van der Waals surface area contributed by atoms with Gasteiger partial charge in [-0.15, -0.1) is 0 Å². The quantitative estimate of drug-likeness (QED) is 0.852. The Morgan fingerprint density at radius 2 is 2.17 bits per heavy atom. The zero-order chi connectivity index (χ0) is 13.0. The van der Waals surface area contributed by atoms with Crippen LogP contribution in [0.5, 0.6) is 0 Å². The fourth-order valence-corrected chi connectivity index (χ4v) is 2.07. The topological polar surface area (TPSA) is 43.0 Å². The summed E-state index contributed by atoms with van der Waals surface area (Å²) >= 11 is 0. The zero-order valence-electron chi connectivity index (χ0n) is 11.1. The van der Waals surface area contributed by atoms with E-state index in [9.17, 15) is 5.11 Å². The molecular formula is C14H21N3O. The molecule has 0 aliphatic heterocycles. The van der Waals surface area contributed by atoms with E-state index in [4.69, 9.17) is 0 Å². The molecule has 1 N–H and O–H groups in total. The fourth-order valence-electron chi connectivity index (χ4n) is 2.07. The number of nitrogens with zero attached hydrogens (tertiary/aromatic N) is 3. The summed E-state index contributed by atoms with van der Waals surface area (Å²) in [6.07, 6.45) is 9.46. The molecule has 0 radical (unpaired) electrons. The van der Waals surface area contributed by atoms with Crippen molar-refractivity contribution in [1.82, 2.24) is 14.3 Å². The molecule has 2 aromatic rings. The molecule has 18 heavy (non-hydrogen) atoms. The highest BCUT2D eigenvalue weighted by atomic mass is 16.3. The number of aliphatic hydroxyl groups excluding tert-OH is 1. The highest BCUT2D eigenvalue weighted by molar-refractivity contribution is 5.15. The zero-order valence-corrected chi connectivity index (χ0v) is 11.1. The molecule has 0 amide bonds. The molecule has 2 heterocycles. The Balaban J connectivity index is 2.01. The van der Waals surface area contributed by atoms with Crippen LogP contribution in [0.25, 0.3) is 0 Å². The molecule has 0 aliphatic carbocycles. The maximum Gasteiger partial charge on any atom is 0.0804 e. The van der Waals surface area contributed by atoms with E-state index in [0.717, 1.165) is 31.5 Å². The smallest absolute Gasteiger partial charge is 0.0804 e. The van der Waals surface area contributed by atoms with E-state index in [1.54, 1.807) is 0 Å². The van der Waals surface area contributed by atoms with Gasteiger partial charge in [-0.05, 0) is 25.0 Å². The van der Waals surface area contributed by atoms with Crippen molar-refractivity contribution in [3.8, 4) is 0 Å². The third-order valence-corrected chi connectivity index (χ3v) is 3.10. The van der Waals surface area contributed by atoms with Gasteiger partial charge in [0.1, 0.15) is 0 Å². The molecule has 0 saturated heterocycles. The van der Waals surface area contributed by atoms with Crippen LogP contribution in [0.2, 0.25) is 0 Å². The van der Waals surface area contributed by atoms with Crippen LogP contribution in [-0.2, 0) is 13.1 Å². The molecule has 1 unspecified atom stereocenters. The third kappa shape index (κ3) is 3.01. The Kier molecular flexibility index (Phi) is 4.20. The van der Waals surface area contributed by atoms with E-state index in [1.807, 2.05) is 29.3 Å². The van der Waals surface area contributed by atoms with Crippen molar-refractivity contribution in [2.75, 3.05) is 0 Å². The Labute approximate surface area is 108 Å². The van der Waals surface area contributed by atoms with Crippen LogP contribution in [0.3, 0.4) is 0 Å². The lowest BCUT2D eigenvalue weighted by Crippen LogP contribution is -1.98. The summed E-state index contributed by atoms with van der Waals surface area (Å²) < 4.78 is 4.01. The first-order valence-corrected chi connectivity index (χ1v) is 6.58. The Morgan fingerprint density at radius 1 is 1.33 bits per heavy atom. The predicted molar refractivity (Wildman–Crippen MR) is 71.3 cm³/mol.